The predicted molar refractivity (Wildman–Crippen MR) is 75.0 cm³/mol. The summed E-state index contributed by atoms with van der Waals surface area (Å²) in [4.78, 5) is 20.0. The molecule has 104 valence electrons. The molecular formula is C14H16N4O2. The van der Waals surface area contributed by atoms with Gasteiger partial charge in [0.1, 0.15) is 11.4 Å². The standard InChI is InChI=1S/C14H16N4O2/c1-3-20-11-6-4-10(5-7-11)13-9(2)16-8-12(17-13)14(19)18-15/h4-8H,3,15H2,1-2H3,(H,18,19). The molecule has 1 heterocycles. The number of nitrogens with two attached hydrogens (primary N) is 1. The molecule has 0 aliphatic carbocycles. The molecule has 6 heteroatoms. The van der Waals surface area contributed by atoms with E-state index in [0.717, 1.165) is 17.0 Å². The van der Waals surface area contributed by atoms with Crippen LogP contribution in [-0.4, -0.2) is 22.5 Å². The second-order valence-corrected chi connectivity index (χ2v) is 4.12. The van der Waals surface area contributed by atoms with Crippen molar-refractivity contribution in [1.82, 2.24) is 15.4 Å². The maximum Gasteiger partial charge on any atom is 0.285 e. The molecule has 1 amide bonds. The molecule has 0 atom stereocenters. The Hall–Kier alpha value is -2.47. The molecule has 0 radical (unpaired) electrons. The van der Waals surface area contributed by atoms with E-state index in [1.54, 1.807) is 0 Å². The topological polar surface area (TPSA) is 90.1 Å². The van der Waals surface area contributed by atoms with Crippen molar-refractivity contribution >= 4 is 5.91 Å². The molecular weight excluding hydrogens is 256 g/mol. The summed E-state index contributed by atoms with van der Waals surface area (Å²) in [5.41, 5.74) is 4.48. The minimum Gasteiger partial charge on any atom is -0.494 e. The Balaban J connectivity index is 2.38. The molecule has 0 saturated carbocycles. The number of carbonyl (C=O) groups is 1. The van der Waals surface area contributed by atoms with Crippen molar-refractivity contribution in [2.75, 3.05) is 6.61 Å². The zero-order valence-corrected chi connectivity index (χ0v) is 11.4. The van der Waals surface area contributed by atoms with Gasteiger partial charge in [0.05, 0.1) is 24.2 Å². The van der Waals surface area contributed by atoms with Crippen LogP contribution in [0.1, 0.15) is 23.1 Å². The summed E-state index contributed by atoms with van der Waals surface area (Å²) in [5.74, 6) is 5.42. The van der Waals surface area contributed by atoms with Gasteiger partial charge in [0.2, 0.25) is 0 Å². The quantitative estimate of drug-likeness (QED) is 0.499. The summed E-state index contributed by atoms with van der Waals surface area (Å²) >= 11 is 0. The third kappa shape index (κ3) is 2.92. The van der Waals surface area contributed by atoms with E-state index < -0.39 is 5.91 Å². The number of nitrogens with zero attached hydrogens (tertiary/aromatic N) is 2. The van der Waals surface area contributed by atoms with Crippen LogP contribution in [0.15, 0.2) is 30.5 Å². The van der Waals surface area contributed by atoms with Crippen molar-refractivity contribution in [3.05, 3.63) is 41.9 Å². The highest BCUT2D eigenvalue weighted by molar-refractivity contribution is 5.92. The van der Waals surface area contributed by atoms with Crippen molar-refractivity contribution in [1.29, 1.82) is 0 Å². The third-order valence-electron chi connectivity index (χ3n) is 2.76. The number of nitrogen functional groups attached to an aromatic ring is 1. The maximum absolute atomic E-state index is 11.5. The Labute approximate surface area is 117 Å². The van der Waals surface area contributed by atoms with Crippen molar-refractivity contribution in [3.63, 3.8) is 0 Å². The summed E-state index contributed by atoms with van der Waals surface area (Å²) in [6.07, 6.45) is 1.40. The summed E-state index contributed by atoms with van der Waals surface area (Å²) in [7, 11) is 0. The molecule has 0 spiro atoms. The van der Waals surface area contributed by atoms with Crippen LogP contribution in [0.4, 0.5) is 0 Å². The second kappa shape index (κ2) is 6.12. The van der Waals surface area contributed by atoms with Crippen LogP contribution in [0.25, 0.3) is 11.3 Å². The van der Waals surface area contributed by atoms with Gasteiger partial charge >= 0.3 is 0 Å². The van der Waals surface area contributed by atoms with Crippen LogP contribution in [0.2, 0.25) is 0 Å². The van der Waals surface area contributed by atoms with E-state index in [1.165, 1.54) is 6.20 Å². The van der Waals surface area contributed by atoms with Gasteiger partial charge in [-0.15, -0.1) is 0 Å². The Morgan fingerprint density at radius 2 is 2.05 bits per heavy atom. The van der Waals surface area contributed by atoms with Crippen LogP contribution >= 0.6 is 0 Å². The smallest absolute Gasteiger partial charge is 0.285 e. The van der Waals surface area contributed by atoms with Crippen molar-refractivity contribution in [2.45, 2.75) is 13.8 Å². The highest BCUT2D eigenvalue weighted by Gasteiger charge is 2.11. The number of nitrogens with one attached hydrogen (secondary N) is 1. The average Bonchev–Trinajstić information content (AvgIpc) is 2.48. The van der Waals surface area contributed by atoms with Crippen molar-refractivity contribution in [3.8, 4) is 17.0 Å². The molecule has 0 unspecified atom stereocenters. The number of benzene rings is 1. The Morgan fingerprint density at radius 3 is 2.65 bits per heavy atom. The molecule has 3 N–H and O–H groups in total. The number of aromatic nitrogens is 2. The molecule has 0 saturated heterocycles. The SMILES string of the molecule is CCOc1ccc(-c2nc(C(=O)NN)cnc2C)cc1. The molecule has 1 aromatic carbocycles. The van der Waals surface area contributed by atoms with E-state index in [0.29, 0.717) is 12.3 Å². The van der Waals surface area contributed by atoms with E-state index in [9.17, 15) is 4.79 Å². The Bertz CT molecular complexity index is 611. The van der Waals surface area contributed by atoms with Crippen LogP contribution < -0.4 is 16.0 Å². The number of aryl methyl sites for hydroxylation is 1. The fourth-order valence-electron chi connectivity index (χ4n) is 1.78. The zero-order chi connectivity index (χ0) is 14.5. The largest absolute Gasteiger partial charge is 0.494 e. The highest BCUT2D eigenvalue weighted by atomic mass is 16.5. The van der Waals surface area contributed by atoms with Gasteiger partial charge in [0.25, 0.3) is 5.91 Å². The lowest BCUT2D eigenvalue weighted by atomic mass is 10.1. The monoisotopic (exact) mass is 272 g/mol. The molecule has 0 bridgehead atoms. The van der Waals surface area contributed by atoms with Gasteiger partial charge in [-0.2, -0.15) is 0 Å². The normalized spacial score (nSPS) is 10.2. The number of ether oxygens (including phenoxy) is 1. The fraction of sp³-hybridized carbons (Fsp3) is 0.214. The first-order chi connectivity index (χ1) is 9.65. The van der Waals surface area contributed by atoms with Crippen molar-refractivity contribution < 1.29 is 9.53 Å². The summed E-state index contributed by atoms with van der Waals surface area (Å²) in [6, 6.07) is 7.48. The minimum atomic E-state index is -0.468. The summed E-state index contributed by atoms with van der Waals surface area (Å²) in [5, 5.41) is 0. The van der Waals surface area contributed by atoms with Gasteiger partial charge in [0.15, 0.2) is 0 Å². The van der Waals surface area contributed by atoms with E-state index in [1.807, 2.05) is 43.5 Å². The van der Waals surface area contributed by atoms with Gasteiger partial charge in [-0.3, -0.25) is 15.2 Å². The van der Waals surface area contributed by atoms with E-state index in [-0.39, 0.29) is 5.69 Å². The number of amides is 1. The van der Waals surface area contributed by atoms with Gasteiger partial charge in [-0.05, 0) is 38.1 Å². The van der Waals surface area contributed by atoms with Gasteiger partial charge in [-0.1, -0.05) is 0 Å². The van der Waals surface area contributed by atoms with Gasteiger partial charge < -0.3 is 4.74 Å². The molecule has 0 aliphatic heterocycles. The molecule has 20 heavy (non-hydrogen) atoms. The number of carbonyl (C=O) groups excluding carboxylic acids is 1. The van der Waals surface area contributed by atoms with Gasteiger partial charge in [0, 0.05) is 5.56 Å². The first-order valence-corrected chi connectivity index (χ1v) is 6.23. The average molecular weight is 272 g/mol. The van der Waals surface area contributed by atoms with E-state index >= 15 is 0 Å². The van der Waals surface area contributed by atoms with Crippen LogP contribution in [0.5, 0.6) is 5.75 Å². The molecule has 2 aromatic rings. The lowest BCUT2D eigenvalue weighted by Gasteiger charge is -2.08. The van der Waals surface area contributed by atoms with E-state index in [4.69, 9.17) is 10.6 Å². The number of rotatable bonds is 4. The van der Waals surface area contributed by atoms with E-state index in [2.05, 4.69) is 9.97 Å². The molecule has 0 aliphatic rings. The molecule has 1 aromatic heterocycles. The van der Waals surface area contributed by atoms with Crippen LogP contribution in [-0.2, 0) is 0 Å². The fourth-order valence-corrected chi connectivity index (χ4v) is 1.78. The predicted octanol–water partition coefficient (Wildman–Crippen LogP) is 1.45. The van der Waals surface area contributed by atoms with Crippen LogP contribution in [0.3, 0.4) is 0 Å². The van der Waals surface area contributed by atoms with Gasteiger partial charge in [-0.25, -0.2) is 10.8 Å². The highest BCUT2D eigenvalue weighted by Crippen LogP contribution is 2.23. The molecule has 6 nitrogen and oxygen atoms in total. The Kier molecular flexibility index (Phi) is 4.27. The third-order valence-corrected chi connectivity index (χ3v) is 2.76. The summed E-state index contributed by atoms with van der Waals surface area (Å²) in [6.45, 7) is 4.38. The first kappa shape index (κ1) is 14.0. The number of hydrogen-bond acceptors (Lipinski definition) is 5. The minimum absolute atomic E-state index is 0.182. The number of hydrazine groups is 1. The van der Waals surface area contributed by atoms with Crippen LogP contribution in [0, 0.1) is 6.92 Å². The lowest BCUT2D eigenvalue weighted by Crippen LogP contribution is -2.31. The molecule has 0 fully saturated rings. The zero-order valence-electron chi connectivity index (χ0n) is 11.4. The maximum atomic E-state index is 11.5. The first-order valence-electron chi connectivity index (χ1n) is 6.23. The van der Waals surface area contributed by atoms with Crippen molar-refractivity contribution in [2.24, 2.45) is 5.84 Å². The Morgan fingerprint density at radius 1 is 1.35 bits per heavy atom. The lowest BCUT2D eigenvalue weighted by molar-refractivity contribution is 0.0948. The second-order valence-electron chi connectivity index (χ2n) is 4.12. The summed E-state index contributed by atoms with van der Waals surface area (Å²) < 4.78 is 5.39. The number of hydrogen-bond donors (Lipinski definition) is 2. The molecule has 2 rings (SSSR count).